The van der Waals surface area contributed by atoms with Crippen LogP contribution in [0.1, 0.15) is 58.3 Å². The van der Waals surface area contributed by atoms with Gasteiger partial charge >= 0.3 is 0 Å². The molecular weight excluding hydrogens is 299 g/mol. The Morgan fingerprint density at radius 3 is 2.30 bits per heavy atom. The average Bonchev–Trinajstić information content (AvgIpc) is 2.41. The van der Waals surface area contributed by atoms with Crippen LogP contribution in [0.3, 0.4) is 0 Å². The van der Waals surface area contributed by atoms with Gasteiger partial charge in [0.05, 0.1) is 32.8 Å². The number of nitrogens with zero attached hydrogens (tertiary/aromatic N) is 1. The Kier molecular flexibility index (Phi) is 11.7. The monoisotopic (exact) mass is 332 g/mol. The Morgan fingerprint density at radius 1 is 1.09 bits per heavy atom. The highest BCUT2D eigenvalue weighted by Crippen LogP contribution is 2.10. The molecule has 0 aliphatic rings. The SMILES string of the molecule is CC(F)CCCCCCCC(=O)NCCC[N+](C)(C)CC(=O)[O-]. The lowest BCUT2D eigenvalue weighted by molar-refractivity contribution is -0.884. The zero-order chi connectivity index (χ0) is 17.7. The zero-order valence-corrected chi connectivity index (χ0v) is 14.9. The molecule has 0 bridgehead atoms. The third-order valence-corrected chi connectivity index (χ3v) is 3.83. The van der Waals surface area contributed by atoms with Crippen molar-refractivity contribution in [2.24, 2.45) is 0 Å². The number of hydrogen-bond donors (Lipinski definition) is 1. The average molecular weight is 332 g/mol. The summed E-state index contributed by atoms with van der Waals surface area (Å²) in [5, 5.41) is 13.5. The van der Waals surface area contributed by atoms with Gasteiger partial charge in [0.25, 0.3) is 0 Å². The maximum Gasteiger partial charge on any atom is 0.219 e. The second-order valence-corrected chi connectivity index (χ2v) is 6.98. The number of carbonyl (C=O) groups is 2. The van der Waals surface area contributed by atoms with Crippen LogP contribution in [0.2, 0.25) is 0 Å². The summed E-state index contributed by atoms with van der Waals surface area (Å²) in [5.41, 5.74) is 0. The quantitative estimate of drug-likeness (QED) is 0.386. The highest BCUT2D eigenvalue weighted by atomic mass is 19.1. The highest BCUT2D eigenvalue weighted by molar-refractivity contribution is 5.75. The molecule has 0 aromatic heterocycles. The van der Waals surface area contributed by atoms with E-state index < -0.39 is 12.1 Å². The molecule has 0 heterocycles. The van der Waals surface area contributed by atoms with E-state index in [0.717, 1.165) is 38.5 Å². The summed E-state index contributed by atoms with van der Waals surface area (Å²) in [7, 11) is 3.67. The molecule has 0 rings (SSSR count). The molecule has 0 fully saturated rings. The number of halogens is 1. The minimum Gasteiger partial charge on any atom is -0.544 e. The first-order chi connectivity index (χ1) is 10.7. The largest absolute Gasteiger partial charge is 0.544 e. The van der Waals surface area contributed by atoms with Crippen LogP contribution in [0.25, 0.3) is 0 Å². The van der Waals surface area contributed by atoms with Crippen molar-refractivity contribution < 1.29 is 23.6 Å². The number of nitrogens with one attached hydrogen (secondary N) is 1. The van der Waals surface area contributed by atoms with E-state index in [1.54, 1.807) is 6.92 Å². The number of carboxylic acids is 1. The molecule has 1 atom stereocenters. The molecule has 0 saturated carbocycles. The molecule has 5 nitrogen and oxygen atoms in total. The highest BCUT2D eigenvalue weighted by Gasteiger charge is 2.14. The second kappa shape index (κ2) is 12.3. The predicted molar refractivity (Wildman–Crippen MR) is 87.4 cm³/mol. The van der Waals surface area contributed by atoms with Crippen molar-refractivity contribution in [1.82, 2.24) is 5.32 Å². The van der Waals surface area contributed by atoms with Gasteiger partial charge in [-0.05, 0) is 19.8 Å². The molecule has 1 amide bonds. The van der Waals surface area contributed by atoms with Gasteiger partial charge in [0.15, 0.2) is 0 Å². The van der Waals surface area contributed by atoms with Gasteiger partial charge in [-0.3, -0.25) is 4.79 Å². The Labute approximate surface area is 139 Å². The fourth-order valence-electron chi connectivity index (χ4n) is 2.49. The minimum atomic E-state index is -1.06. The van der Waals surface area contributed by atoms with E-state index in [1.807, 2.05) is 14.1 Å². The van der Waals surface area contributed by atoms with Crippen LogP contribution in [0, 0.1) is 0 Å². The van der Waals surface area contributed by atoms with E-state index in [0.29, 0.717) is 30.4 Å². The molecule has 136 valence electrons. The molecule has 6 heteroatoms. The van der Waals surface area contributed by atoms with E-state index >= 15 is 0 Å². The van der Waals surface area contributed by atoms with Crippen molar-refractivity contribution in [2.75, 3.05) is 33.7 Å². The molecule has 0 saturated heterocycles. The number of unbranched alkanes of at least 4 members (excludes halogenated alkanes) is 4. The molecule has 0 aromatic carbocycles. The van der Waals surface area contributed by atoms with E-state index in [9.17, 15) is 19.1 Å². The number of likely N-dealkylation sites (N-methyl/N-ethyl adjacent to an activating group) is 1. The van der Waals surface area contributed by atoms with Crippen LogP contribution in [0.4, 0.5) is 4.39 Å². The van der Waals surface area contributed by atoms with E-state index in [4.69, 9.17) is 0 Å². The van der Waals surface area contributed by atoms with Crippen molar-refractivity contribution in [1.29, 1.82) is 0 Å². The van der Waals surface area contributed by atoms with Crippen molar-refractivity contribution >= 4 is 11.9 Å². The lowest BCUT2D eigenvalue weighted by Gasteiger charge is -2.30. The number of alkyl halides is 1. The standard InChI is InChI=1S/C17H33FN2O3/c1-15(18)10-7-5-4-6-8-11-16(21)19-12-9-13-20(2,3)14-17(22)23/h15H,4-14H2,1-3H3,(H-,19,21,22,23). The van der Waals surface area contributed by atoms with Crippen LogP contribution in [-0.4, -0.2) is 56.3 Å². The molecular formula is C17H33FN2O3. The van der Waals surface area contributed by atoms with Crippen LogP contribution in [-0.2, 0) is 9.59 Å². The number of aliphatic carboxylic acids is 1. The van der Waals surface area contributed by atoms with Gasteiger partial charge in [-0.2, -0.15) is 0 Å². The first-order valence-corrected chi connectivity index (χ1v) is 8.65. The lowest BCUT2D eigenvalue weighted by atomic mass is 10.1. The number of carbonyl (C=O) groups excluding carboxylic acids is 2. The normalized spacial score (nSPS) is 12.9. The topological polar surface area (TPSA) is 69.2 Å². The number of quaternary nitrogens is 1. The Bertz CT molecular complexity index is 347. The second-order valence-electron chi connectivity index (χ2n) is 6.98. The van der Waals surface area contributed by atoms with Crippen LogP contribution in [0.5, 0.6) is 0 Å². The van der Waals surface area contributed by atoms with Gasteiger partial charge in [0, 0.05) is 19.4 Å². The van der Waals surface area contributed by atoms with E-state index in [2.05, 4.69) is 5.32 Å². The summed E-state index contributed by atoms with van der Waals surface area (Å²) >= 11 is 0. The van der Waals surface area contributed by atoms with Crippen molar-refractivity contribution in [3.63, 3.8) is 0 Å². The first kappa shape index (κ1) is 21.8. The zero-order valence-electron chi connectivity index (χ0n) is 14.9. The maximum absolute atomic E-state index is 12.6. The number of carboxylic acid groups (broad SMARTS) is 1. The van der Waals surface area contributed by atoms with Gasteiger partial charge in [0.1, 0.15) is 6.54 Å². The fourth-order valence-corrected chi connectivity index (χ4v) is 2.49. The molecule has 0 aromatic rings. The molecule has 1 N–H and O–H groups in total. The first-order valence-electron chi connectivity index (χ1n) is 8.65. The third-order valence-electron chi connectivity index (χ3n) is 3.83. The van der Waals surface area contributed by atoms with Gasteiger partial charge in [-0.1, -0.05) is 25.7 Å². The Hall–Kier alpha value is -1.17. The summed E-state index contributed by atoms with van der Waals surface area (Å²) in [4.78, 5) is 22.2. The van der Waals surface area contributed by atoms with Crippen LogP contribution < -0.4 is 10.4 Å². The van der Waals surface area contributed by atoms with Gasteiger partial charge < -0.3 is 19.7 Å². The molecule has 23 heavy (non-hydrogen) atoms. The molecule has 0 aliphatic heterocycles. The van der Waals surface area contributed by atoms with Gasteiger partial charge in [0.2, 0.25) is 5.91 Å². The summed E-state index contributed by atoms with van der Waals surface area (Å²) in [5.74, 6) is -1.01. The molecule has 1 unspecified atom stereocenters. The third kappa shape index (κ3) is 15.5. The molecule has 0 spiro atoms. The van der Waals surface area contributed by atoms with Gasteiger partial charge in [-0.25, -0.2) is 4.39 Å². The maximum atomic E-state index is 12.6. The number of hydrogen-bond acceptors (Lipinski definition) is 3. The minimum absolute atomic E-state index is 0.0187. The number of rotatable bonds is 14. The summed E-state index contributed by atoms with van der Waals surface area (Å²) in [6.45, 7) is 2.82. The molecule has 0 aliphatic carbocycles. The summed E-state index contributed by atoms with van der Waals surface area (Å²) in [6, 6.07) is 0. The fraction of sp³-hybridized carbons (Fsp3) is 0.882. The Balaban J connectivity index is 3.49. The van der Waals surface area contributed by atoms with Crippen LogP contribution in [0.15, 0.2) is 0 Å². The van der Waals surface area contributed by atoms with Crippen LogP contribution >= 0.6 is 0 Å². The van der Waals surface area contributed by atoms with E-state index in [1.165, 1.54) is 0 Å². The van der Waals surface area contributed by atoms with E-state index in [-0.39, 0.29) is 12.5 Å². The van der Waals surface area contributed by atoms with Gasteiger partial charge in [-0.15, -0.1) is 0 Å². The molecule has 0 radical (unpaired) electrons. The number of amides is 1. The Morgan fingerprint density at radius 2 is 1.70 bits per heavy atom. The summed E-state index contributed by atoms with van der Waals surface area (Å²) in [6.07, 6.45) is 6.06. The lowest BCUT2D eigenvalue weighted by Crippen LogP contribution is -2.49. The predicted octanol–water partition coefficient (Wildman–Crippen LogP) is 1.41. The van der Waals surface area contributed by atoms with Crippen molar-refractivity contribution in [2.45, 2.75) is 64.5 Å². The van der Waals surface area contributed by atoms with Crippen molar-refractivity contribution in [3.05, 3.63) is 0 Å². The summed E-state index contributed by atoms with van der Waals surface area (Å²) < 4.78 is 12.9. The smallest absolute Gasteiger partial charge is 0.219 e. The van der Waals surface area contributed by atoms with Crippen molar-refractivity contribution in [3.8, 4) is 0 Å².